The van der Waals surface area contributed by atoms with Gasteiger partial charge in [-0.1, -0.05) is 0 Å². The number of guanidine groups is 1. The topological polar surface area (TPSA) is 94.1 Å². The molecular formula is C24H32N4O4. The van der Waals surface area contributed by atoms with Crippen LogP contribution >= 0.6 is 0 Å². The molecule has 0 atom stereocenters. The lowest BCUT2D eigenvalue weighted by Crippen LogP contribution is -2.32. The van der Waals surface area contributed by atoms with Crippen molar-refractivity contribution in [2.75, 3.05) is 18.5 Å². The molecule has 0 spiro atoms. The zero-order valence-electron chi connectivity index (χ0n) is 19.2. The van der Waals surface area contributed by atoms with Gasteiger partial charge in [0.05, 0.1) is 18.1 Å². The first kappa shape index (κ1) is 23.4. The summed E-state index contributed by atoms with van der Waals surface area (Å²) >= 11 is 0. The first-order chi connectivity index (χ1) is 15.5. The van der Waals surface area contributed by atoms with Crippen molar-refractivity contribution >= 4 is 11.6 Å². The van der Waals surface area contributed by atoms with Crippen molar-refractivity contribution in [1.82, 2.24) is 10.3 Å². The summed E-state index contributed by atoms with van der Waals surface area (Å²) in [6.07, 6.45) is 2.60. The van der Waals surface area contributed by atoms with Gasteiger partial charge >= 0.3 is 0 Å². The summed E-state index contributed by atoms with van der Waals surface area (Å²) in [5.41, 5.74) is 1.79. The van der Waals surface area contributed by atoms with Gasteiger partial charge in [-0.05, 0) is 70.5 Å². The van der Waals surface area contributed by atoms with Crippen LogP contribution < -0.4 is 15.4 Å². The van der Waals surface area contributed by atoms with Gasteiger partial charge in [-0.25, -0.2) is 9.98 Å². The van der Waals surface area contributed by atoms with Gasteiger partial charge < -0.3 is 28.9 Å². The number of hydrogen-bond donors (Lipinski definition) is 2. The smallest absolute Gasteiger partial charge is 0.216 e. The summed E-state index contributed by atoms with van der Waals surface area (Å²) in [4.78, 5) is 9.02. The van der Waals surface area contributed by atoms with Gasteiger partial charge in [-0.3, -0.25) is 0 Å². The summed E-state index contributed by atoms with van der Waals surface area (Å²) in [6.45, 7) is 9.95. The molecule has 0 unspecified atom stereocenters. The number of ether oxygens (including phenoxy) is 2. The molecule has 0 fully saturated rings. The lowest BCUT2D eigenvalue weighted by Gasteiger charge is -2.14. The first-order valence-electron chi connectivity index (χ1n) is 10.8. The third-order valence-corrected chi connectivity index (χ3v) is 4.52. The van der Waals surface area contributed by atoms with Crippen molar-refractivity contribution in [3.8, 4) is 5.75 Å². The monoisotopic (exact) mass is 440 g/mol. The fourth-order valence-corrected chi connectivity index (χ4v) is 2.87. The van der Waals surface area contributed by atoms with Crippen molar-refractivity contribution in [1.29, 1.82) is 0 Å². The highest BCUT2D eigenvalue weighted by Crippen LogP contribution is 2.17. The highest BCUT2D eigenvalue weighted by molar-refractivity contribution is 5.93. The van der Waals surface area contributed by atoms with E-state index in [0.29, 0.717) is 38.2 Å². The molecule has 0 amide bonds. The molecule has 3 aromatic rings. The molecule has 2 heterocycles. The van der Waals surface area contributed by atoms with Crippen LogP contribution in [-0.2, 0) is 17.9 Å². The molecule has 172 valence electrons. The van der Waals surface area contributed by atoms with E-state index in [-0.39, 0.29) is 6.10 Å². The first-order valence-corrected chi connectivity index (χ1v) is 10.8. The molecular weight excluding hydrogens is 408 g/mol. The zero-order valence-corrected chi connectivity index (χ0v) is 19.2. The average molecular weight is 441 g/mol. The predicted octanol–water partition coefficient (Wildman–Crippen LogP) is 4.84. The predicted molar refractivity (Wildman–Crippen MR) is 124 cm³/mol. The second-order valence-electron chi connectivity index (χ2n) is 7.64. The van der Waals surface area contributed by atoms with Crippen LogP contribution in [0.3, 0.4) is 0 Å². The van der Waals surface area contributed by atoms with Crippen LogP contribution in [-0.4, -0.2) is 30.2 Å². The Morgan fingerprint density at radius 1 is 1.16 bits per heavy atom. The fourth-order valence-electron chi connectivity index (χ4n) is 2.87. The SMILES string of the molecule is Cc1nc(CN=C(NCCCOCc2ccco2)Nc2ccc(OC(C)C)cc2)oc1C. The number of anilines is 1. The van der Waals surface area contributed by atoms with Crippen molar-refractivity contribution in [3.05, 3.63) is 65.8 Å². The Morgan fingerprint density at radius 3 is 2.62 bits per heavy atom. The number of aryl methyl sites for hydroxylation is 2. The lowest BCUT2D eigenvalue weighted by atomic mass is 10.3. The molecule has 0 aliphatic heterocycles. The lowest BCUT2D eigenvalue weighted by molar-refractivity contribution is 0.105. The molecule has 0 aliphatic rings. The van der Waals surface area contributed by atoms with Crippen LogP contribution in [0.5, 0.6) is 5.75 Å². The number of nitrogens with zero attached hydrogens (tertiary/aromatic N) is 2. The maximum atomic E-state index is 5.71. The maximum Gasteiger partial charge on any atom is 0.216 e. The molecule has 3 rings (SSSR count). The van der Waals surface area contributed by atoms with Crippen LogP contribution in [0.15, 0.2) is 56.5 Å². The van der Waals surface area contributed by atoms with E-state index in [1.165, 1.54) is 0 Å². The summed E-state index contributed by atoms with van der Waals surface area (Å²) in [5.74, 6) is 3.69. The Labute approximate surface area is 189 Å². The zero-order chi connectivity index (χ0) is 22.8. The van der Waals surface area contributed by atoms with Crippen molar-refractivity contribution < 1.29 is 18.3 Å². The van der Waals surface area contributed by atoms with Crippen LogP contribution in [0, 0.1) is 13.8 Å². The van der Waals surface area contributed by atoms with E-state index >= 15 is 0 Å². The highest BCUT2D eigenvalue weighted by Gasteiger charge is 2.07. The molecule has 0 bridgehead atoms. The number of benzene rings is 1. The van der Waals surface area contributed by atoms with Crippen LogP contribution in [0.1, 0.15) is 43.4 Å². The quantitative estimate of drug-likeness (QED) is 0.250. The minimum absolute atomic E-state index is 0.135. The second-order valence-corrected chi connectivity index (χ2v) is 7.64. The molecule has 0 saturated heterocycles. The molecule has 0 aliphatic carbocycles. The van der Waals surface area contributed by atoms with Crippen LogP contribution in [0.4, 0.5) is 5.69 Å². The second kappa shape index (κ2) is 12.0. The normalized spacial score (nSPS) is 11.7. The number of aromatic nitrogens is 1. The third kappa shape index (κ3) is 7.77. The van der Waals surface area contributed by atoms with Gasteiger partial charge in [0.15, 0.2) is 5.96 Å². The number of oxazole rings is 1. The molecule has 1 aromatic carbocycles. The summed E-state index contributed by atoms with van der Waals surface area (Å²) in [5, 5.41) is 6.66. The minimum Gasteiger partial charge on any atom is -0.491 e. The van der Waals surface area contributed by atoms with Crippen LogP contribution in [0.2, 0.25) is 0 Å². The summed E-state index contributed by atoms with van der Waals surface area (Å²) < 4.78 is 22.2. The molecule has 0 saturated carbocycles. The fraction of sp³-hybridized carbons (Fsp3) is 0.417. The Hall–Kier alpha value is -3.26. The van der Waals surface area contributed by atoms with Crippen molar-refractivity contribution in [2.45, 2.75) is 53.4 Å². The third-order valence-electron chi connectivity index (χ3n) is 4.52. The highest BCUT2D eigenvalue weighted by atomic mass is 16.5. The van der Waals surface area contributed by atoms with Gasteiger partial charge in [0.1, 0.15) is 30.4 Å². The number of nitrogens with one attached hydrogen (secondary N) is 2. The Bertz CT molecular complexity index is 943. The van der Waals surface area contributed by atoms with E-state index in [1.807, 2.05) is 64.1 Å². The van der Waals surface area contributed by atoms with E-state index < -0.39 is 0 Å². The van der Waals surface area contributed by atoms with Crippen molar-refractivity contribution in [2.24, 2.45) is 4.99 Å². The van der Waals surface area contributed by atoms with E-state index in [4.69, 9.17) is 18.3 Å². The van der Waals surface area contributed by atoms with Gasteiger partial charge in [-0.15, -0.1) is 0 Å². The number of aliphatic imine (C=N–C) groups is 1. The Balaban J connectivity index is 1.54. The van der Waals surface area contributed by atoms with Crippen LogP contribution in [0.25, 0.3) is 0 Å². The van der Waals surface area contributed by atoms with Crippen molar-refractivity contribution in [3.63, 3.8) is 0 Å². The van der Waals surface area contributed by atoms with Gasteiger partial charge in [0.25, 0.3) is 0 Å². The average Bonchev–Trinajstić information content (AvgIpc) is 3.39. The van der Waals surface area contributed by atoms with E-state index in [0.717, 1.165) is 35.1 Å². The molecule has 8 nitrogen and oxygen atoms in total. The van der Waals surface area contributed by atoms with Gasteiger partial charge in [0.2, 0.25) is 5.89 Å². The molecule has 2 aromatic heterocycles. The molecule has 2 N–H and O–H groups in total. The number of hydrogen-bond acceptors (Lipinski definition) is 6. The number of furan rings is 1. The minimum atomic E-state index is 0.135. The summed E-state index contributed by atoms with van der Waals surface area (Å²) in [6, 6.07) is 11.5. The van der Waals surface area contributed by atoms with E-state index in [9.17, 15) is 0 Å². The van der Waals surface area contributed by atoms with E-state index in [2.05, 4.69) is 20.6 Å². The number of rotatable bonds is 11. The standard InChI is InChI=1S/C24H32N4O4/c1-17(2)31-21-10-8-20(9-11-21)28-24(26-15-23-27-18(3)19(4)32-23)25-12-6-13-29-16-22-7-5-14-30-22/h5,7-11,14,17H,6,12-13,15-16H2,1-4H3,(H2,25,26,28). The van der Waals surface area contributed by atoms with Gasteiger partial charge in [-0.2, -0.15) is 0 Å². The molecule has 0 radical (unpaired) electrons. The Morgan fingerprint density at radius 2 is 1.97 bits per heavy atom. The largest absolute Gasteiger partial charge is 0.491 e. The molecule has 8 heteroatoms. The van der Waals surface area contributed by atoms with Gasteiger partial charge in [0, 0.05) is 18.8 Å². The Kier molecular flexibility index (Phi) is 8.74. The molecule has 32 heavy (non-hydrogen) atoms. The van der Waals surface area contributed by atoms with E-state index in [1.54, 1.807) is 6.26 Å². The maximum absolute atomic E-state index is 5.71. The summed E-state index contributed by atoms with van der Waals surface area (Å²) in [7, 11) is 0.